The first-order valence-electron chi connectivity index (χ1n) is 6.11. The number of hydrogen-bond acceptors (Lipinski definition) is 4. The lowest BCUT2D eigenvalue weighted by molar-refractivity contribution is -0.132. The third-order valence-corrected chi connectivity index (χ3v) is 5.20. The standard InChI is InChI=1S/C12H16ClN3O3S/c1-16-7-9(3-5-12(16)17)15-20(18,19)11-6-8(14)2-4-10(11)13/h2,4,6,9,15H,3,5,7,14H2,1H3. The fourth-order valence-electron chi connectivity index (χ4n) is 2.12. The fraction of sp³-hybridized carbons (Fsp3) is 0.417. The van der Waals surface area contributed by atoms with Crippen molar-refractivity contribution >= 4 is 33.2 Å². The maximum Gasteiger partial charge on any atom is 0.242 e. The average Bonchev–Trinajstić information content (AvgIpc) is 2.36. The number of sulfonamides is 1. The number of hydrogen-bond donors (Lipinski definition) is 2. The number of likely N-dealkylation sites (N-methyl/N-ethyl adjacent to an activating group) is 1. The predicted molar refractivity (Wildman–Crippen MR) is 76.8 cm³/mol. The molecule has 1 aromatic rings. The molecule has 2 rings (SSSR count). The number of amides is 1. The van der Waals surface area contributed by atoms with E-state index in [1.807, 2.05) is 0 Å². The topological polar surface area (TPSA) is 92.5 Å². The van der Waals surface area contributed by atoms with Gasteiger partial charge in [0.05, 0.1) is 5.02 Å². The minimum atomic E-state index is -3.75. The maximum atomic E-state index is 12.3. The number of nitrogens with zero attached hydrogens (tertiary/aromatic N) is 1. The number of likely N-dealkylation sites (tertiary alicyclic amines) is 1. The van der Waals surface area contributed by atoms with Gasteiger partial charge in [0.1, 0.15) is 4.90 Å². The zero-order valence-corrected chi connectivity index (χ0v) is 12.5. The molecule has 0 saturated carbocycles. The lowest BCUT2D eigenvalue weighted by Gasteiger charge is -2.30. The summed E-state index contributed by atoms with van der Waals surface area (Å²) in [5, 5.41) is 0.118. The Labute approximate surface area is 122 Å². The quantitative estimate of drug-likeness (QED) is 0.807. The molecule has 1 fully saturated rings. The number of nitrogens with two attached hydrogens (primary N) is 1. The van der Waals surface area contributed by atoms with Crippen LogP contribution < -0.4 is 10.5 Å². The highest BCUT2D eigenvalue weighted by Gasteiger charge is 2.28. The highest BCUT2D eigenvalue weighted by atomic mass is 35.5. The predicted octanol–water partition coefficient (Wildman–Crippen LogP) is 0.821. The van der Waals surface area contributed by atoms with Crippen LogP contribution in [0, 0.1) is 0 Å². The summed E-state index contributed by atoms with van der Waals surface area (Å²) < 4.78 is 27.2. The first-order valence-corrected chi connectivity index (χ1v) is 7.97. The number of anilines is 1. The van der Waals surface area contributed by atoms with Gasteiger partial charge in [-0.05, 0) is 24.6 Å². The molecule has 3 N–H and O–H groups in total. The van der Waals surface area contributed by atoms with Gasteiger partial charge >= 0.3 is 0 Å². The Balaban J connectivity index is 2.19. The number of rotatable bonds is 3. The first-order chi connectivity index (χ1) is 9.29. The minimum Gasteiger partial charge on any atom is -0.399 e. The van der Waals surface area contributed by atoms with Crippen molar-refractivity contribution in [1.82, 2.24) is 9.62 Å². The summed E-state index contributed by atoms with van der Waals surface area (Å²) in [4.78, 5) is 12.9. The molecule has 110 valence electrons. The van der Waals surface area contributed by atoms with Gasteiger partial charge < -0.3 is 10.6 Å². The van der Waals surface area contributed by atoms with Crippen molar-refractivity contribution in [3.8, 4) is 0 Å². The first kappa shape index (κ1) is 15.1. The van der Waals surface area contributed by atoms with E-state index in [1.165, 1.54) is 23.1 Å². The number of piperidine rings is 1. The van der Waals surface area contributed by atoms with Crippen molar-refractivity contribution in [2.75, 3.05) is 19.3 Å². The van der Waals surface area contributed by atoms with Gasteiger partial charge in [-0.3, -0.25) is 4.79 Å². The van der Waals surface area contributed by atoms with Crippen LogP contribution in [-0.4, -0.2) is 38.9 Å². The van der Waals surface area contributed by atoms with Gasteiger partial charge in [-0.2, -0.15) is 0 Å². The summed E-state index contributed by atoms with van der Waals surface area (Å²) in [6, 6.07) is 3.99. The van der Waals surface area contributed by atoms with E-state index in [0.29, 0.717) is 25.1 Å². The number of benzene rings is 1. The van der Waals surface area contributed by atoms with E-state index in [1.54, 1.807) is 7.05 Å². The summed E-state index contributed by atoms with van der Waals surface area (Å²) >= 11 is 5.91. The van der Waals surface area contributed by atoms with Crippen molar-refractivity contribution in [2.24, 2.45) is 0 Å². The van der Waals surface area contributed by atoms with Gasteiger partial charge in [-0.1, -0.05) is 11.6 Å². The Bertz CT molecular complexity index is 633. The van der Waals surface area contributed by atoms with Gasteiger partial charge in [0.25, 0.3) is 0 Å². The normalized spacial score (nSPS) is 20.2. The second kappa shape index (κ2) is 5.59. The molecular weight excluding hydrogens is 302 g/mol. The molecule has 1 amide bonds. The highest BCUT2D eigenvalue weighted by Crippen LogP contribution is 2.24. The largest absolute Gasteiger partial charge is 0.399 e. The Kier molecular flexibility index (Phi) is 4.22. The smallest absolute Gasteiger partial charge is 0.242 e. The molecule has 1 atom stereocenters. The summed E-state index contributed by atoms with van der Waals surface area (Å²) in [5.41, 5.74) is 5.92. The maximum absolute atomic E-state index is 12.3. The Morgan fingerprint density at radius 2 is 2.15 bits per heavy atom. The lowest BCUT2D eigenvalue weighted by Crippen LogP contribution is -2.48. The van der Waals surface area contributed by atoms with Crippen LogP contribution in [0.15, 0.2) is 23.1 Å². The number of carbonyl (C=O) groups is 1. The highest BCUT2D eigenvalue weighted by molar-refractivity contribution is 7.89. The van der Waals surface area contributed by atoms with Crippen molar-refractivity contribution in [3.63, 3.8) is 0 Å². The van der Waals surface area contributed by atoms with E-state index < -0.39 is 10.0 Å². The average molecular weight is 318 g/mol. The number of nitrogen functional groups attached to an aromatic ring is 1. The third-order valence-electron chi connectivity index (χ3n) is 3.19. The molecule has 1 heterocycles. The van der Waals surface area contributed by atoms with Crippen LogP contribution in [0.1, 0.15) is 12.8 Å². The van der Waals surface area contributed by atoms with Crippen molar-refractivity contribution < 1.29 is 13.2 Å². The zero-order valence-electron chi connectivity index (χ0n) is 11.0. The zero-order chi connectivity index (χ0) is 14.9. The van der Waals surface area contributed by atoms with Crippen LogP contribution in [0.2, 0.25) is 5.02 Å². The summed E-state index contributed by atoms with van der Waals surface area (Å²) in [5.74, 6) is 0.0161. The second-order valence-corrected chi connectivity index (χ2v) is 6.91. The molecule has 0 aromatic heterocycles. The van der Waals surface area contributed by atoms with Gasteiger partial charge in [-0.25, -0.2) is 13.1 Å². The SMILES string of the molecule is CN1CC(NS(=O)(=O)c2cc(N)ccc2Cl)CCC1=O. The van der Waals surface area contributed by atoms with Crippen LogP contribution >= 0.6 is 11.6 Å². The van der Waals surface area contributed by atoms with E-state index in [2.05, 4.69) is 4.72 Å². The van der Waals surface area contributed by atoms with E-state index in [0.717, 1.165) is 0 Å². The minimum absolute atomic E-state index is 0.0161. The Hall–Kier alpha value is -1.31. The molecule has 20 heavy (non-hydrogen) atoms. The van der Waals surface area contributed by atoms with E-state index in [9.17, 15) is 13.2 Å². The van der Waals surface area contributed by atoms with E-state index >= 15 is 0 Å². The Morgan fingerprint density at radius 3 is 2.80 bits per heavy atom. The number of halogens is 1. The molecule has 0 spiro atoms. The third kappa shape index (κ3) is 3.23. The molecule has 0 bridgehead atoms. The number of carbonyl (C=O) groups excluding carboxylic acids is 1. The van der Waals surface area contributed by atoms with Crippen LogP contribution in [0.5, 0.6) is 0 Å². The molecule has 1 aliphatic rings. The van der Waals surface area contributed by atoms with Crippen molar-refractivity contribution in [1.29, 1.82) is 0 Å². The van der Waals surface area contributed by atoms with Crippen molar-refractivity contribution in [3.05, 3.63) is 23.2 Å². The molecule has 0 radical (unpaired) electrons. The summed E-state index contributed by atoms with van der Waals surface area (Å²) in [7, 11) is -2.10. The molecular formula is C12H16ClN3O3S. The monoisotopic (exact) mass is 317 g/mol. The van der Waals surface area contributed by atoms with Gasteiger partial charge in [0.2, 0.25) is 15.9 Å². The van der Waals surface area contributed by atoms with Gasteiger partial charge in [0, 0.05) is 31.7 Å². The van der Waals surface area contributed by atoms with E-state index in [4.69, 9.17) is 17.3 Å². The second-order valence-electron chi connectivity index (χ2n) is 4.82. The lowest BCUT2D eigenvalue weighted by atomic mass is 10.1. The molecule has 1 aromatic carbocycles. The summed E-state index contributed by atoms with van der Waals surface area (Å²) in [6.45, 7) is 0.345. The van der Waals surface area contributed by atoms with Crippen LogP contribution in [0.25, 0.3) is 0 Å². The van der Waals surface area contributed by atoms with E-state index in [-0.39, 0.29) is 21.9 Å². The Morgan fingerprint density at radius 1 is 1.45 bits per heavy atom. The fourth-order valence-corrected chi connectivity index (χ4v) is 3.91. The van der Waals surface area contributed by atoms with Gasteiger partial charge in [-0.15, -0.1) is 0 Å². The molecule has 1 unspecified atom stereocenters. The molecule has 1 saturated heterocycles. The number of nitrogens with one attached hydrogen (secondary N) is 1. The molecule has 1 aliphatic heterocycles. The van der Waals surface area contributed by atoms with Gasteiger partial charge in [0.15, 0.2) is 0 Å². The van der Waals surface area contributed by atoms with Crippen LogP contribution in [0.4, 0.5) is 5.69 Å². The van der Waals surface area contributed by atoms with Crippen LogP contribution in [-0.2, 0) is 14.8 Å². The summed E-state index contributed by atoms with van der Waals surface area (Å²) in [6.07, 6.45) is 0.802. The molecule has 8 heteroatoms. The van der Waals surface area contributed by atoms with Crippen molar-refractivity contribution in [2.45, 2.75) is 23.8 Å². The molecule has 0 aliphatic carbocycles. The molecule has 6 nitrogen and oxygen atoms in total. The van der Waals surface area contributed by atoms with Crippen LogP contribution in [0.3, 0.4) is 0 Å².